The van der Waals surface area contributed by atoms with Crippen molar-refractivity contribution in [3.8, 4) is 11.3 Å². The Bertz CT molecular complexity index is 1190. The van der Waals surface area contributed by atoms with E-state index in [1.807, 2.05) is 37.1 Å². The first-order chi connectivity index (χ1) is 15.9. The maximum atomic E-state index is 13.2. The number of carbonyl (C=O) groups excluding carboxylic acids is 1. The number of carbonyl (C=O) groups is 1. The number of nitrogens with zero attached hydrogens (tertiary/aromatic N) is 4. The van der Waals surface area contributed by atoms with Crippen molar-refractivity contribution in [2.75, 3.05) is 37.1 Å². The van der Waals surface area contributed by atoms with Crippen LogP contribution in [0.3, 0.4) is 0 Å². The minimum Gasteiger partial charge on any atom is -0.377 e. The zero-order valence-electron chi connectivity index (χ0n) is 19.4. The van der Waals surface area contributed by atoms with Crippen molar-refractivity contribution in [3.63, 3.8) is 0 Å². The summed E-state index contributed by atoms with van der Waals surface area (Å²) in [7, 11) is 0. The number of ether oxygens (including phenoxy) is 1. The summed E-state index contributed by atoms with van der Waals surface area (Å²) in [6, 6.07) is 8.46. The second-order valence-corrected chi connectivity index (χ2v) is 9.92. The number of aromatic nitrogens is 3. The number of para-hydroxylation sites is 1. The molecule has 2 aliphatic heterocycles. The molecule has 4 heterocycles. The molecule has 8 heteroatoms. The molecular weight excluding hydrogens is 438 g/mol. The number of amides is 1. The first-order valence-corrected chi connectivity index (χ1v) is 12.1. The quantitative estimate of drug-likeness (QED) is 0.587. The summed E-state index contributed by atoms with van der Waals surface area (Å²) in [5, 5.41) is 1.14. The van der Waals surface area contributed by atoms with Gasteiger partial charge in [0.05, 0.1) is 42.6 Å². The van der Waals surface area contributed by atoms with E-state index in [-0.39, 0.29) is 17.8 Å². The fourth-order valence-corrected chi connectivity index (χ4v) is 4.83. The van der Waals surface area contributed by atoms with E-state index in [9.17, 15) is 4.79 Å². The predicted octanol–water partition coefficient (Wildman–Crippen LogP) is 4.00. The van der Waals surface area contributed by atoms with E-state index in [0.717, 1.165) is 40.0 Å². The van der Waals surface area contributed by atoms with E-state index in [1.54, 1.807) is 0 Å². The lowest BCUT2D eigenvalue weighted by Gasteiger charge is -2.37. The molecule has 33 heavy (non-hydrogen) atoms. The summed E-state index contributed by atoms with van der Waals surface area (Å²) in [5.74, 6) is 1.06. The zero-order valence-corrected chi connectivity index (χ0v) is 20.2. The second-order valence-electron chi connectivity index (χ2n) is 9.66. The summed E-state index contributed by atoms with van der Waals surface area (Å²) in [4.78, 5) is 30.7. The Kier molecular flexibility index (Phi) is 5.79. The molecule has 1 unspecified atom stereocenters. The number of aromatic amines is 1. The van der Waals surface area contributed by atoms with Crippen molar-refractivity contribution in [2.45, 2.75) is 39.8 Å². The third-order valence-corrected chi connectivity index (χ3v) is 7.39. The molecular formula is C25H30ClN5O2. The van der Waals surface area contributed by atoms with Gasteiger partial charge in [0.2, 0.25) is 11.9 Å². The van der Waals surface area contributed by atoms with Gasteiger partial charge in [-0.25, -0.2) is 9.97 Å². The van der Waals surface area contributed by atoms with E-state index in [2.05, 4.69) is 28.9 Å². The average Bonchev–Trinajstić information content (AvgIpc) is 3.27. The number of nitrogens with one attached hydrogen (secondary N) is 1. The number of hydrogen-bond donors (Lipinski definition) is 1. The average molecular weight is 468 g/mol. The Morgan fingerprint density at radius 1 is 1.27 bits per heavy atom. The molecule has 5 rings (SSSR count). The van der Waals surface area contributed by atoms with Crippen LogP contribution in [0, 0.1) is 5.41 Å². The van der Waals surface area contributed by atoms with Crippen LogP contribution in [0.25, 0.3) is 22.2 Å². The van der Waals surface area contributed by atoms with Crippen LogP contribution in [0.15, 0.2) is 30.5 Å². The van der Waals surface area contributed by atoms with Gasteiger partial charge in [0.1, 0.15) is 0 Å². The van der Waals surface area contributed by atoms with Crippen LogP contribution in [-0.4, -0.2) is 64.0 Å². The van der Waals surface area contributed by atoms with Crippen LogP contribution in [-0.2, 0) is 22.5 Å². The highest BCUT2D eigenvalue weighted by molar-refractivity contribution is 6.19. The molecule has 0 spiro atoms. The number of fused-ring (bicyclic) bond motifs is 2. The van der Waals surface area contributed by atoms with E-state index in [0.29, 0.717) is 38.7 Å². The number of anilines is 1. The highest BCUT2D eigenvalue weighted by atomic mass is 35.5. The summed E-state index contributed by atoms with van der Waals surface area (Å²) in [6.07, 6.45) is 2.75. The lowest BCUT2D eigenvalue weighted by Crippen LogP contribution is -2.46. The molecule has 174 valence electrons. The lowest BCUT2D eigenvalue weighted by atomic mass is 9.92. The van der Waals surface area contributed by atoms with Gasteiger partial charge in [0.25, 0.3) is 0 Å². The van der Waals surface area contributed by atoms with Gasteiger partial charge in [-0.15, -0.1) is 11.6 Å². The SMILES string of the molecule is CC1COCCN1c1nc2c(c(-c3c[nH]c4ccccc34)n1)CCN(C(=O)C(C)(C)CCl)C2. The molecule has 0 aliphatic carbocycles. The summed E-state index contributed by atoms with van der Waals surface area (Å²) >= 11 is 6.10. The zero-order chi connectivity index (χ0) is 23.2. The van der Waals surface area contributed by atoms with Crippen molar-refractivity contribution >= 4 is 34.4 Å². The Hall–Kier alpha value is -2.64. The van der Waals surface area contributed by atoms with Crippen LogP contribution in [0.5, 0.6) is 0 Å². The Morgan fingerprint density at radius 2 is 2.09 bits per heavy atom. The molecule has 3 aromatic rings. The van der Waals surface area contributed by atoms with Gasteiger partial charge in [-0.3, -0.25) is 4.79 Å². The molecule has 1 amide bonds. The van der Waals surface area contributed by atoms with Gasteiger partial charge in [0, 0.05) is 47.2 Å². The van der Waals surface area contributed by atoms with Crippen molar-refractivity contribution in [1.29, 1.82) is 0 Å². The third-order valence-electron chi connectivity index (χ3n) is 6.72. The van der Waals surface area contributed by atoms with Gasteiger partial charge in [-0.1, -0.05) is 18.2 Å². The van der Waals surface area contributed by atoms with Crippen molar-refractivity contribution in [2.24, 2.45) is 5.41 Å². The van der Waals surface area contributed by atoms with Crippen LogP contribution in [0.4, 0.5) is 5.95 Å². The number of H-pyrrole nitrogens is 1. The topological polar surface area (TPSA) is 74.3 Å². The molecule has 0 bridgehead atoms. The molecule has 2 aliphatic rings. The van der Waals surface area contributed by atoms with Crippen LogP contribution >= 0.6 is 11.6 Å². The maximum absolute atomic E-state index is 13.2. The van der Waals surface area contributed by atoms with Crippen molar-refractivity contribution in [1.82, 2.24) is 19.9 Å². The molecule has 1 N–H and O–H groups in total. The van der Waals surface area contributed by atoms with E-state index < -0.39 is 5.41 Å². The number of halogens is 1. The van der Waals surface area contributed by atoms with E-state index in [4.69, 9.17) is 26.3 Å². The van der Waals surface area contributed by atoms with Crippen LogP contribution < -0.4 is 4.90 Å². The van der Waals surface area contributed by atoms with Crippen LogP contribution in [0.1, 0.15) is 32.0 Å². The smallest absolute Gasteiger partial charge is 0.229 e. The minimum atomic E-state index is -0.604. The maximum Gasteiger partial charge on any atom is 0.229 e. The number of rotatable bonds is 4. The van der Waals surface area contributed by atoms with Gasteiger partial charge in [-0.05, 0) is 33.3 Å². The molecule has 0 saturated carbocycles. The number of benzene rings is 1. The first kappa shape index (κ1) is 22.2. The summed E-state index contributed by atoms with van der Waals surface area (Å²) in [5.41, 5.74) is 4.55. The molecule has 1 saturated heterocycles. The standard InChI is InChI=1S/C25H30ClN5O2/c1-16-14-33-11-10-31(16)24-28-21-13-30(23(32)25(2,3)15-26)9-8-18(21)22(29-24)19-12-27-20-7-5-4-6-17(19)20/h4-7,12,16,27H,8-11,13-15H2,1-3H3. The Balaban J connectivity index is 1.62. The van der Waals surface area contributed by atoms with Crippen molar-refractivity contribution < 1.29 is 9.53 Å². The van der Waals surface area contributed by atoms with Crippen molar-refractivity contribution in [3.05, 3.63) is 41.7 Å². The Morgan fingerprint density at radius 3 is 2.88 bits per heavy atom. The highest BCUT2D eigenvalue weighted by Gasteiger charge is 2.35. The number of alkyl halides is 1. The lowest BCUT2D eigenvalue weighted by molar-refractivity contribution is -0.140. The normalized spacial score (nSPS) is 19.1. The number of hydrogen-bond acceptors (Lipinski definition) is 5. The monoisotopic (exact) mass is 467 g/mol. The molecule has 1 fully saturated rings. The molecule has 2 aromatic heterocycles. The van der Waals surface area contributed by atoms with Gasteiger partial charge in [0.15, 0.2) is 0 Å². The first-order valence-electron chi connectivity index (χ1n) is 11.5. The second kappa shape index (κ2) is 8.61. The Labute approximate surface area is 199 Å². The minimum absolute atomic E-state index is 0.0664. The summed E-state index contributed by atoms with van der Waals surface area (Å²) in [6.45, 7) is 9.09. The molecule has 1 atom stereocenters. The van der Waals surface area contributed by atoms with Gasteiger partial charge >= 0.3 is 0 Å². The molecule has 0 radical (unpaired) electrons. The van der Waals surface area contributed by atoms with E-state index in [1.165, 1.54) is 0 Å². The summed E-state index contributed by atoms with van der Waals surface area (Å²) < 4.78 is 5.64. The van der Waals surface area contributed by atoms with Gasteiger partial charge in [-0.2, -0.15) is 0 Å². The predicted molar refractivity (Wildman–Crippen MR) is 131 cm³/mol. The number of morpholine rings is 1. The fraction of sp³-hybridized carbons (Fsp3) is 0.480. The van der Waals surface area contributed by atoms with Crippen LogP contribution in [0.2, 0.25) is 0 Å². The third kappa shape index (κ3) is 3.97. The van der Waals surface area contributed by atoms with E-state index >= 15 is 0 Å². The van der Waals surface area contributed by atoms with Gasteiger partial charge < -0.3 is 19.5 Å². The fourth-order valence-electron chi connectivity index (χ4n) is 4.72. The highest BCUT2D eigenvalue weighted by Crippen LogP contribution is 2.35. The molecule has 7 nitrogen and oxygen atoms in total. The molecule has 1 aromatic carbocycles. The largest absolute Gasteiger partial charge is 0.377 e.